The van der Waals surface area contributed by atoms with Gasteiger partial charge >= 0.3 is 0 Å². The zero-order valence-corrected chi connectivity index (χ0v) is 21.9. The Hall–Kier alpha value is -1.33. The number of nitrogens with zero attached hydrogens (tertiary/aromatic N) is 1. The molecule has 3 aliphatic rings. The van der Waals surface area contributed by atoms with Gasteiger partial charge in [-0.25, -0.2) is 0 Å². The first-order valence-corrected chi connectivity index (χ1v) is 13.2. The molecule has 5 nitrogen and oxygen atoms in total. The second kappa shape index (κ2) is 11.4. The average Bonchev–Trinajstić information content (AvgIpc) is 2.77. The normalized spacial score (nSPS) is 30.6. The molecule has 1 aliphatic heterocycles. The Bertz CT molecular complexity index is 752. The van der Waals surface area contributed by atoms with Crippen molar-refractivity contribution in [1.29, 1.82) is 0 Å². The van der Waals surface area contributed by atoms with Crippen LogP contribution < -0.4 is 5.32 Å². The Labute approximate surface area is 205 Å². The average molecular weight is 479 g/mol. The number of ether oxygens (including phenoxy) is 1. The van der Waals surface area contributed by atoms with E-state index in [0.717, 1.165) is 51.7 Å². The molecule has 0 bridgehead atoms. The lowest BCUT2D eigenvalue weighted by Crippen LogP contribution is -2.57. The van der Waals surface area contributed by atoms with Crippen molar-refractivity contribution in [2.45, 2.75) is 77.6 Å². The summed E-state index contributed by atoms with van der Waals surface area (Å²) in [6.45, 7) is 10.7. The van der Waals surface area contributed by atoms with Crippen LogP contribution in [0.2, 0.25) is 0 Å². The fraction of sp³-hybridized carbons (Fsp3) is 0.778. The SMILES string of the molecule is COCC1CCC(C(=O)N[C@@H](C(=O)N2CC[C@H](C3=CCC(Cl)C=C3)C(C)(C)C2)C(C)C)CC1. The molecule has 2 aliphatic carbocycles. The van der Waals surface area contributed by atoms with Crippen molar-refractivity contribution in [1.82, 2.24) is 10.2 Å². The maximum absolute atomic E-state index is 13.6. The number of halogens is 1. The summed E-state index contributed by atoms with van der Waals surface area (Å²) in [4.78, 5) is 28.6. The fourth-order valence-corrected chi connectivity index (χ4v) is 6.00. The summed E-state index contributed by atoms with van der Waals surface area (Å²) in [7, 11) is 1.74. The van der Waals surface area contributed by atoms with E-state index in [4.69, 9.17) is 16.3 Å². The monoisotopic (exact) mass is 478 g/mol. The van der Waals surface area contributed by atoms with Crippen molar-refractivity contribution in [2.24, 2.45) is 29.1 Å². The second-order valence-electron chi connectivity index (χ2n) is 11.3. The summed E-state index contributed by atoms with van der Waals surface area (Å²) in [6.07, 6.45) is 12.1. The molecule has 2 fully saturated rings. The Morgan fingerprint density at radius 2 is 1.91 bits per heavy atom. The second-order valence-corrected chi connectivity index (χ2v) is 11.9. The number of alkyl halides is 1. The molecule has 0 aromatic heterocycles. The van der Waals surface area contributed by atoms with Gasteiger partial charge < -0.3 is 15.0 Å². The molecule has 3 atom stereocenters. The van der Waals surface area contributed by atoms with E-state index in [1.54, 1.807) is 7.11 Å². The van der Waals surface area contributed by atoms with Crippen LogP contribution in [0.15, 0.2) is 23.8 Å². The molecule has 2 amide bonds. The van der Waals surface area contributed by atoms with E-state index < -0.39 is 6.04 Å². The minimum atomic E-state index is -0.465. The van der Waals surface area contributed by atoms with E-state index in [1.165, 1.54) is 5.57 Å². The predicted molar refractivity (Wildman–Crippen MR) is 134 cm³/mol. The first kappa shape index (κ1) is 26.3. The van der Waals surface area contributed by atoms with Crippen LogP contribution in [-0.2, 0) is 14.3 Å². The molecule has 186 valence electrons. The third-order valence-corrected chi connectivity index (χ3v) is 8.19. The number of methoxy groups -OCH3 is 1. The standard InChI is InChI=1S/C27H43ClN2O3/c1-18(2)24(29-25(31)21-8-6-19(7-9-21)16-33-5)26(32)30-15-14-23(27(3,4)17-30)20-10-12-22(28)13-11-20/h10-12,18-19,21-24H,6-9,13-17H2,1-5H3,(H,29,31)/t19?,21?,22?,23-,24-/m1/s1. The van der Waals surface area contributed by atoms with E-state index in [1.807, 2.05) is 18.7 Å². The number of rotatable bonds is 7. The number of carbonyl (C=O) groups is 2. The third-order valence-electron chi connectivity index (χ3n) is 7.87. The zero-order valence-electron chi connectivity index (χ0n) is 21.1. The first-order chi connectivity index (χ1) is 15.6. The van der Waals surface area contributed by atoms with Crippen LogP contribution in [0.25, 0.3) is 0 Å². The van der Waals surface area contributed by atoms with Crippen molar-refractivity contribution in [3.63, 3.8) is 0 Å². The molecule has 1 unspecified atom stereocenters. The largest absolute Gasteiger partial charge is 0.384 e. The summed E-state index contributed by atoms with van der Waals surface area (Å²) in [6, 6.07) is -0.465. The number of piperidine rings is 1. The van der Waals surface area contributed by atoms with Crippen molar-refractivity contribution >= 4 is 23.4 Å². The Kier molecular flexibility index (Phi) is 9.08. The highest BCUT2D eigenvalue weighted by atomic mass is 35.5. The highest BCUT2D eigenvalue weighted by Crippen LogP contribution is 2.41. The summed E-state index contributed by atoms with van der Waals surface area (Å²) in [5, 5.41) is 3.23. The van der Waals surface area contributed by atoms with Crippen molar-refractivity contribution < 1.29 is 14.3 Å². The van der Waals surface area contributed by atoms with Gasteiger partial charge in [-0.1, -0.05) is 45.9 Å². The number of likely N-dealkylation sites (tertiary alicyclic amines) is 1. The lowest BCUT2D eigenvalue weighted by atomic mass is 9.69. The van der Waals surface area contributed by atoms with Crippen LogP contribution in [0.1, 0.15) is 66.2 Å². The quantitative estimate of drug-likeness (QED) is 0.527. The van der Waals surface area contributed by atoms with Gasteiger partial charge in [-0.2, -0.15) is 0 Å². The van der Waals surface area contributed by atoms with E-state index in [9.17, 15) is 9.59 Å². The number of nitrogens with one attached hydrogen (secondary N) is 1. The van der Waals surface area contributed by atoms with E-state index in [2.05, 4.69) is 37.4 Å². The number of hydrogen-bond acceptors (Lipinski definition) is 3. The van der Waals surface area contributed by atoms with E-state index >= 15 is 0 Å². The van der Waals surface area contributed by atoms with Gasteiger partial charge in [0.05, 0.1) is 5.38 Å². The first-order valence-electron chi connectivity index (χ1n) is 12.7. The number of hydrogen-bond donors (Lipinski definition) is 1. The van der Waals surface area contributed by atoms with Crippen LogP contribution >= 0.6 is 11.6 Å². The summed E-state index contributed by atoms with van der Waals surface area (Å²) in [5.74, 6) is 1.12. The molecule has 1 saturated heterocycles. The molecular weight excluding hydrogens is 436 g/mol. The van der Waals surface area contributed by atoms with Crippen LogP contribution in [0.4, 0.5) is 0 Å². The number of amides is 2. The van der Waals surface area contributed by atoms with Crippen molar-refractivity contribution in [2.75, 3.05) is 26.8 Å². The summed E-state index contributed by atoms with van der Waals surface area (Å²) in [5.41, 5.74) is 1.32. The maximum Gasteiger partial charge on any atom is 0.245 e. The van der Waals surface area contributed by atoms with Crippen LogP contribution in [0, 0.1) is 29.1 Å². The van der Waals surface area contributed by atoms with Crippen LogP contribution in [0.5, 0.6) is 0 Å². The molecule has 0 radical (unpaired) electrons. The van der Waals surface area contributed by atoms with Gasteiger partial charge in [-0.3, -0.25) is 9.59 Å². The highest BCUT2D eigenvalue weighted by molar-refractivity contribution is 6.22. The van der Waals surface area contributed by atoms with Gasteiger partial charge in [0.2, 0.25) is 11.8 Å². The van der Waals surface area contributed by atoms with Crippen LogP contribution in [-0.4, -0.2) is 54.9 Å². The zero-order chi connectivity index (χ0) is 24.2. The molecule has 0 spiro atoms. The molecule has 1 heterocycles. The third kappa shape index (κ3) is 6.63. The minimum absolute atomic E-state index is 0.00474. The van der Waals surface area contributed by atoms with Crippen LogP contribution in [0.3, 0.4) is 0 Å². The molecular formula is C27H43ClN2O3. The minimum Gasteiger partial charge on any atom is -0.384 e. The topological polar surface area (TPSA) is 58.6 Å². The summed E-state index contributed by atoms with van der Waals surface area (Å²) >= 11 is 6.22. The number of carbonyl (C=O) groups excluding carboxylic acids is 2. The van der Waals surface area contributed by atoms with Gasteiger partial charge in [0.25, 0.3) is 0 Å². The molecule has 1 N–H and O–H groups in total. The Morgan fingerprint density at radius 3 is 2.45 bits per heavy atom. The fourth-order valence-electron chi connectivity index (χ4n) is 5.84. The van der Waals surface area contributed by atoms with E-state index in [-0.39, 0.29) is 34.4 Å². The smallest absolute Gasteiger partial charge is 0.245 e. The van der Waals surface area contributed by atoms with Gasteiger partial charge in [-0.05, 0) is 67.3 Å². The molecule has 0 aromatic carbocycles. The molecule has 3 rings (SSSR count). The number of allylic oxidation sites excluding steroid dienone is 4. The Balaban J connectivity index is 1.60. The van der Waals surface area contributed by atoms with Gasteiger partial charge in [-0.15, -0.1) is 11.6 Å². The molecule has 33 heavy (non-hydrogen) atoms. The van der Waals surface area contributed by atoms with Gasteiger partial charge in [0.15, 0.2) is 0 Å². The van der Waals surface area contributed by atoms with Gasteiger partial charge in [0, 0.05) is 32.7 Å². The molecule has 1 saturated carbocycles. The highest BCUT2D eigenvalue weighted by Gasteiger charge is 2.41. The van der Waals surface area contributed by atoms with Crippen molar-refractivity contribution in [3.05, 3.63) is 23.8 Å². The Morgan fingerprint density at radius 1 is 1.21 bits per heavy atom. The lowest BCUT2D eigenvalue weighted by Gasteiger charge is -2.46. The maximum atomic E-state index is 13.6. The predicted octanol–water partition coefficient (Wildman–Crippen LogP) is 4.95. The van der Waals surface area contributed by atoms with Crippen molar-refractivity contribution in [3.8, 4) is 0 Å². The molecule has 6 heteroatoms. The summed E-state index contributed by atoms with van der Waals surface area (Å²) < 4.78 is 5.28. The van der Waals surface area contributed by atoms with Gasteiger partial charge in [0.1, 0.15) is 6.04 Å². The lowest BCUT2D eigenvalue weighted by molar-refractivity contribution is -0.142. The van der Waals surface area contributed by atoms with E-state index in [0.29, 0.717) is 18.4 Å². The molecule has 0 aromatic rings.